The first-order valence-electron chi connectivity index (χ1n) is 6.03. The molecule has 0 N–H and O–H groups in total. The van der Waals surface area contributed by atoms with Crippen LogP contribution in [0.15, 0.2) is 12.3 Å². The number of aldehydes is 1. The van der Waals surface area contributed by atoms with E-state index >= 15 is 0 Å². The first kappa shape index (κ1) is 15.2. The Bertz CT molecular complexity index is 476. The van der Waals surface area contributed by atoms with Crippen molar-refractivity contribution in [2.24, 2.45) is 7.05 Å². The van der Waals surface area contributed by atoms with Crippen LogP contribution in [0.3, 0.4) is 0 Å². The van der Waals surface area contributed by atoms with E-state index in [2.05, 4.69) is 5.10 Å². The van der Waals surface area contributed by atoms with Gasteiger partial charge in [0.15, 0.2) is 6.29 Å². The van der Waals surface area contributed by atoms with Gasteiger partial charge in [0.1, 0.15) is 11.1 Å². The first-order chi connectivity index (χ1) is 8.60. The van der Waals surface area contributed by atoms with Crippen LogP contribution in [0, 0.1) is 0 Å². The summed E-state index contributed by atoms with van der Waals surface area (Å²) in [7, 11) is 3.28. The minimum atomic E-state index is -1.15. The van der Waals surface area contributed by atoms with Crippen molar-refractivity contribution in [1.29, 1.82) is 0 Å². The number of carbonyl (C=O) groups is 2. The van der Waals surface area contributed by atoms with Crippen LogP contribution in [0.25, 0.3) is 0 Å². The first-order valence-corrected chi connectivity index (χ1v) is 6.03. The van der Waals surface area contributed by atoms with Gasteiger partial charge >= 0.3 is 6.09 Å². The molecule has 1 unspecified atom stereocenters. The average Bonchev–Trinajstić information content (AvgIpc) is 2.72. The second-order valence-electron chi connectivity index (χ2n) is 5.68. The number of carbonyl (C=O) groups excluding carboxylic acids is 2. The lowest BCUT2D eigenvalue weighted by Gasteiger charge is -2.34. The van der Waals surface area contributed by atoms with Crippen molar-refractivity contribution in [3.05, 3.63) is 18.0 Å². The number of hydrogen-bond donors (Lipinski definition) is 0. The molecule has 0 saturated carbocycles. The van der Waals surface area contributed by atoms with Gasteiger partial charge in [-0.1, -0.05) is 0 Å². The van der Waals surface area contributed by atoms with Crippen LogP contribution in [0.5, 0.6) is 0 Å². The van der Waals surface area contributed by atoms with E-state index in [1.54, 1.807) is 51.7 Å². The maximum absolute atomic E-state index is 12.1. The minimum Gasteiger partial charge on any atom is -0.444 e. The highest BCUT2D eigenvalue weighted by Gasteiger charge is 2.38. The zero-order valence-corrected chi connectivity index (χ0v) is 12.3. The fourth-order valence-corrected chi connectivity index (χ4v) is 1.52. The fourth-order valence-electron chi connectivity index (χ4n) is 1.52. The monoisotopic (exact) mass is 267 g/mol. The summed E-state index contributed by atoms with van der Waals surface area (Å²) in [5.74, 6) is 0. The van der Waals surface area contributed by atoms with Gasteiger partial charge < -0.3 is 9.53 Å². The molecule has 6 nitrogen and oxygen atoms in total. The molecule has 0 aliphatic heterocycles. The molecular weight excluding hydrogens is 246 g/mol. The van der Waals surface area contributed by atoms with Gasteiger partial charge in [-0.05, 0) is 33.8 Å². The molecule has 1 amide bonds. The number of nitrogens with zero attached hydrogens (tertiary/aromatic N) is 3. The third-order valence-electron chi connectivity index (χ3n) is 2.83. The van der Waals surface area contributed by atoms with E-state index in [-0.39, 0.29) is 0 Å². The molecule has 0 spiro atoms. The van der Waals surface area contributed by atoms with Crippen LogP contribution in [0.4, 0.5) is 4.79 Å². The molecule has 0 bridgehead atoms. The number of aromatic nitrogens is 2. The molecule has 19 heavy (non-hydrogen) atoms. The minimum absolute atomic E-state index is 0.498. The van der Waals surface area contributed by atoms with Gasteiger partial charge in [-0.15, -0.1) is 0 Å². The summed E-state index contributed by atoms with van der Waals surface area (Å²) in [5, 5.41) is 4.19. The summed E-state index contributed by atoms with van der Waals surface area (Å²) in [4.78, 5) is 24.8. The number of likely N-dealkylation sites (N-methyl/N-ethyl adjacent to an activating group) is 1. The van der Waals surface area contributed by atoms with E-state index in [1.807, 2.05) is 0 Å². The van der Waals surface area contributed by atoms with Crippen molar-refractivity contribution in [2.75, 3.05) is 7.05 Å². The molecule has 6 heteroatoms. The Balaban J connectivity index is 3.02. The lowest BCUT2D eigenvalue weighted by Crippen LogP contribution is -2.48. The molecule has 1 aromatic rings. The van der Waals surface area contributed by atoms with E-state index in [4.69, 9.17) is 4.74 Å². The predicted octanol–water partition coefficient (Wildman–Crippen LogP) is 1.70. The number of hydrogen-bond acceptors (Lipinski definition) is 4. The van der Waals surface area contributed by atoms with Crippen LogP contribution < -0.4 is 0 Å². The standard InChI is InChI=1S/C13H21N3O3/c1-12(2,3)19-11(18)16(6)13(4,9-17)10-7-8-15(5)14-10/h7-9H,1-6H3. The summed E-state index contributed by atoms with van der Waals surface area (Å²) in [6, 6.07) is 1.70. The van der Waals surface area contributed by atoms with E-state index in [1.165, 1.54) is 11.9 Å². The van der Waals surface area contributed by atoms with Crippen LogP contribution in [0.2, 0.25) is 0 Å². The molecular formula is C13H21N3O3. The highest BCUT2D eigenvalue weighted by molar-refractivity contribution is 5.77. The van der Waals surface area contributed by atoms with Gasteiger partial charge in [-0.25, -0.2) is 4.79 Å². The molecule has 0 aliphatic rings. The number of ether oxygens (including phenoxy) is 1. The van der Waals surface area contributed by atoms with Crippen molar-refractivity contribution in [1.82, 2.24) is 14.7 Å². The molecule has 0 fully saturated rings. The van der Waals surface area contributed by atoms with Crippen molar-refractivity contribution >= 4 is 12.4 Å². The van der Waals surface area contributed by atoms with E-state index in [9.17, 15) is 9.59 Å². The summed E-state index contributed by atoms with van der Waals surface area (Å²) in [6.07, 6.45) is 1.85. The van der Waals surface area contributed by atoms with Gasteiger partial charge in [0.05, 0.1) is 5.69 Å². The molecule has 1 rings (SSSR count). The third-order valence-corrected chi connectivity index (χ3v) is 2.83. The van der Waals surface area contributed by atoms with Crippen molar-refractivity contribution in [2.45, 2.75) is 38.8 Å². The Morgan fingerprint density at radius 3 is 2.37 bits per heavy atom. The number of rotatable bonds is 3. The maximum Gasteiger partial charge on any atom is 0.411 e. The molecule has 106 valence electrons. The van der Waals surface area contributed by atoms with E-state index in [0.717, 1.165) is 0 Å². The summed E-state index contributed by atoms with van der Waals surface area (Å²) in [5.41, 5.74) is -1.26. The molecule has 0 saturated heterocycles. The predicted molar refractivity (Wildman–Crippen MR) is 70.6 cm³/mol. The Morgan fingerprint density at radius 2 is 2.00 bits per heavy atom. The Kier molecular flexibility index (Phi) is 4.03. The van der Waals surface area contributed by atoms with Crippen LogP contribution in [-0.2, 0) is 22.1 Å². The van der Waals surface area contributed by atoms with Gasteiger partial charge in [-0.2, -0.15) is 5.10 Å². The van der Waals surface area contributed by atoms with Crippen molar-refractivity contribution in [3.8, 4) is 0 Å². The van der Waals surface area contributed by atoms with Gasteiger partial charge in [0.25, 0.3) is 0 Å². The normalized spacial score (nSPS) is 14.6. The smallest absolute Gasteiger partial charge is 0.411 e. The molecule has 0 aromatic carbocycles. The highest BCUT2D eigenvalue weighted by Crippen LogP contribution is 2.25. The second-order valence-corrected chi connectivity index (χ2v) is 5.68. The summed E-state index contributed by atoms with van der Waals surface area (Å²) < 4.78 is 6.85. The molecule has 1 atom stereocenters. The molecule has 1 aromatic heterocycles. The molecule has 0 radical (unpaired) electrons. The Labute approximate surface area is 113 Å². The lowest BCUT2D eigenvalue weighted by molar-refractivity contribution is -0.117. The third kappa shape index (κ3) is 3.33. The highest BCUT2D eigenvalue weighted by atomic mass is 16.6. The number of amides is 1. The van der Waals surface area contributed by atoms with Crippen LogP contribution >= 0.6 is 0 Å². The van der Waals surface area contributed by atoms with Gasteiger partial charge in [0, 0.05) is 20.3 Å². The average molecular weight is 267 g/mol. The van der Waals surface area contributed by atoms with Crippen molar-refractivity contribution < 1.29 is 14.3 Å². The summed E-state index contributed by atoms with van der Waals surface area (Å²) in [6.45, 7) is 6.96. The molecule has 0 aliphatic carbocycles. The Hall–Kier alpha value is -1.85. The van der Waals surface area contributed by atoms with E-state index in [0.29, 0.717) is 12.0 Å². The van der Waals surface area contributed by atoms with Gasteiger partial charge in [0.2, 0.25) is 0 Å². The zero-order chi connectivity index (χ0) is 14.8. The Morgan fingerprint density at radius 1 is 1.42 bits per heavy atom. The lowest BCUT2D eigenvalue weighted by atomic mass is 9.98. The van der Waals surface area contributed by atoms with Crippen LogP contribution in [0.1, 0.15) is 33.4 Å². The second kappa shape index (κ2) is 5.03. The SMILES string of the molecule is CN(C(=O)OC(C)(C)C)C(C)(C=O)c1ccn(C)n1. The van der Waals surface area contributed by atoms with E-state index < -0.39 is 17.2 Å². The van der Waals surface area contributed by atoms with Gasteiger partial charge in [-0.3, -0.25) is 9.58 Å². The molecule has 1 heterocycles. The maximum atomic E-state index is 12.1. The largest absolute Gasteiger partial charge is 0.444 e. The zero-order valence-electron chi connectivity index (χ0n) is 12.3. The fraction of sp³-hybridized carbons (Fsp3) is 0.615. The summed E-state index contributed by atoms with van der Waals surface area (Å²) >= 11 is 0. The number of aryl methyl sites for hydroxylation is 1. The quantitative estimate of drug-likeness (QED) is 0.782. The van der Waals surface area contributed by atoms with Crippen molar-refractivity contribution in [3.63, 3.8) is 0 Å². The topological polar surface area (TPSA) is 64.4 Å². The van der Waals surface area contributed by atoms with Crippen LogP contribution in [-0.4, -0.2) is 39.7 Å².